The van der Waals surface area contributed by atoms with Crippen LogP contribution in [0.2, 0.25) is 5.02 Å². The number of ether oxygens (including phenoxy) is 1. The lowest BCUT2D eigenvalue weighted by molar-refractivity contribution is -0.150. The summed E-state index contributed by atoms with van der Waals surface area (Å²) in [7, 11) is 0. The maximum Gasteiger partial charge on any atom is 0.353 e. The summed E-state index contributed by atoms with van der Waals surface area (Å²) in [6, 6.07) is 6.95. The topological polar surface area (TPSA) is 46.5 Å². The van der Waals surface area contributed by atoms with Crippen LogP contribution in [0.25, 0.3) is 0 Å². The van der Waals surface area contributed by atoms with Gasteiger partial charge in [-0.1, -0.05) is 35.0 Å². The van der Waals surface area contributed by atoms with Gasteiger partial charge < -0.3 is 9.84 Å². The van der Waals surface area contributed by atoms with Crippen molar-refractivity contribution in [3.05, 3.63) is 39.2 Å². The lowest BCUT2D eigenvalue weighted by Crippen LogP contribution is -2.08. The molecule has 0 aromatic heterocycles. The molecule has 1 aliphatic rings. The summed E-state index contributed by atoms with van der Waals surface area (Å²) in [5.74, 6) is -0.703. The average molecular weight is 277 g/mol. The summed E-state index contributed by atoms with van der Waals surface area (Å²) in [5, 5.41) is 9.95. The fraction of sp³-hybridized carbons (Fsp3) is 0.100. The number of benzene rings is 1. The maximum atomic E-state index is 11.0. The molecule has 6 heteroatoms. The third-order valence-electron chi connectivity index (χ3n) is 1.88. The zero-order valence-electron chi connectivity index (χ0n) is 7.81. The quantitative estimate of drug-likeness (QED) is 0.844. The van der Waals surface area contributed by atoms with Crippen LogP contribution in [0.15, 0.2) is 39.1 Å². The van der Waals surface area contributed by atoms with Crippen molar-refractivity contribution in [2.75, 3.05) is 0 Å². The smallest absolute Gasteiger partial charge is 0.353 e. The molecular weight excluding hydrogens is 271 g/mol. The van der Waals surface area contributed by atoms with Gasteiger partial charge in [-0.15, -0.1) is 0 Å². The second kappa shape index (κ2) is 4.67. The molecule has 2 rings (SSSR count). The number of carbonyl (C=O) groups is 1. The van der Waals surface area contributed by atoms with Crippen LogP contribution in [0.5, 0.6) is 0 Å². The summed E-state index contributed by atoms with van der Waals surface area (Å²) in [5.41, 5.74) is 0. The van der Waals surface area contributed by atoms with Gasteiger partial charge in [0, 0.05) is 9.92 Å². The molecule has 1 aliphatic heterocycles. The van der Waals surface area contributed by atoms with Crippen molar-refractivity contribution in [2.45, 2.75) is 11.2 Å². The second-order valence-electron chi connectivity index (χ2n) is 2.99. The third-order valence-corrected chi connectivity index (χ3v) is 3.74. The number of hydrogen-bond acceptors (Lipinski definition) is 4. The largest absolute Gasteiger partial charge is 0.427 e. The van der Waals surface area contributed by atoms with E-state index in [9.17, 15) is 9.90 Å². The first kappa shape index (κ1) is 11.8. The number of cyclic esters (lactones) is 1. The molecular formula is C10H6Cl2O3S. The number of aliphatic hydroxyl groups excluding tert-OH is 1. The number of carbonyl (C=O) groups excluding carboxylic acids is 1. The Morgan fingerprint density at radius 2 is 1.88 bits per heavy atom. The van der Waals surface area contributed by atoms with Gasteiger partial charge in [0.25, 0.3) is 0 Å². The Labute approximate surface area is 106 Å². The van der Waals surface area contributed by atoms with Crippen LogP contribution in [0.1, 0.15) is 0 Å². The van der Waals surface area contributed by atoms with E-state index in [1.165, 1.54) is 11.8 Å². The van der Waals surface area contributed by atoms with E-state index in [1.54, 1.807) is 24.3 Å². The number of hydrogen-bond donors (Lipinski definition) is 1. The predicted octanol–water partition coefficient (Wildman–Crippen LogP) is 2.76. The second-order valence-corrected chi connectivity index (χ2v) is 4.92. The van der Waals surface area contributed by atoms with Crippen LogP contribution in [0.4, 0.5) is 0 Å². The van der Waals surface area contributed by atoms with Gasteiger partial charge in [-0.3, -0.25) is 0 Å². The molecule has 1 aromatic carbocycles. The Morgan fingerprint density at radius 3 is 2.38 bits per heavy atom. The Kier molecular flexibility index (Phi) is 3.44. The maximum absolute atomic E-state index is 11.0. The summed E-state index contributed by atoms with van der Waals surface area (Å²) in [6.45, 7) is 0. The molecule has 16 heavy (non-hydrogen) atoms. The minimum atomic E-state index is -1.28. The van der Waals surface area contributed by atoms with Gasteiger partial charge in [-0.25, -0.2) is 4.79 Å². The van der Waals surface area contributed by atoms with E-state index in [0.717, 1.165) is 4.90 Å². The molecule has 3 nitrogen and oxygen atoms in total. The van der Waals surface area contributed by atoms with Gasteiger partial charge in [0.1, 0.15) is 5.03 Å². The molecule has 0 aliphatic carbocycles. The van der Waals surface area contributed by atoms with Gasteiger partial charge in [-0.2, -0.15) is 0 Å². The summed E-state index contributed by atoms with van der Waals surface area (Å²) in [6.07, 6.45) is -1.28. The molecule has 1 aromatic rings. The highest BCUT2D eigenvalue weighted by molar-refractivity contribution is 8.03. The van der Waals surface area contributed by atoms with Gasteiger partial charge in [0.05, 0.1) is 4.91 Å². The van der Waals surface area contributed by atoms with E-state index < -0.39 is 12.3 Å². The molecule has 1 atom stereocenters. The molecule has 0 amide bonds. The highest BCUT2D eigenvalue weighted by Crippen LogP contribution is 2.37. The van der Waals surface area contributed by atoms with E-state index in [2.05, 4.69) is 4.74 Å². The van der Waals surface area contributed by atoms with Crippen LogP contribution in [0.3, 0.4) is 0 Å². The minimum absolute atomic E-state index is 0.0764. The normalized spacial score (nSPS) is 20.2. The van der Waals surface area contributed by atoms with E-state index in [0.29, 0.717) is 9.93 Å². The Balaban J connectivity index is 2.22. The number of rotatable bonds is 2. The van der Waals surface area contributed by atoms with Crippen molar-refractivity contribution in [1.29, 1.82) is 0 Å². The van der Waals surface area contributed by atoms with Gasteiger partial charge in [0.2, 0.25) is 6.29 Å². The predicted molar refractivity (Wildman–Crippen MR) is 62.3 cm³/mol. The van der Waals surface area contributed by atoms with Crippen molar-refractivity contribution < 1.29 is 14.6 Å². The fourth-order valence-corrected chi connectivity index (χ4v) is 2.37. The molecule has 0 unspecified atom stereocenters. The summed E-state index contributed by atoms with van der Waals surface area (Å²) < 4.78 is 4.55. The SMILES string of the molecule is O=C1O[C@H](O)C(Sc2ccc(Cl)cc2)=C1Cl. The van der Waals surface area contributed by atoms with Crippen molar-refractivity contribution in [2.24, 2.45) is 0 Å². The lowest BCUT2D eigenvalue weighted by atomic mass is 10.4. The van der Waals surface area contributed by atoms with Gasteiger partial charge in [0.15, 0.2) is 0 Å². The standard InChI is InChI=1S/C10H6Cl2O3S/c11-5-1-3-6(4-2-5)16-8-7(12)9(13)15-10(8)14/h1-4,10,14H/t10-/m0/s1. The first-order chi connectivity index (χ1) is 7.58. The number of halogens is 2. The Bertz CT molecular complexity index is 456. The van der Waals surface area contributed by atoms with Crippen molar-refractivity contribution in [3.8, 4) is 0 Å². The fourth-order valence-electron chi connectivity index (χ4n) is 1.14. The van der Waals surface area contributed by atoms with Crippen molar-refractivity contribution in [3.63, 3.8) is 0 Å². The monoisotopic (exact) mass is 276 g/mol. The molecule has 1 heterocycles. The van der Waals surface area contributed by atoms with Crippen LogP contribution >= 0.6 is 35.0 Å². The summed E-state index contributed by atoms with van der Waals surface area (Å²) in [4.78, 5) is 12.1. The van der Waals surface area contributed by atoms with Gasteiger partial charge >= 0.3 is 5.97 Å². The lowest BCUT2D eigenvalue weighted by Gasteiger charge is -2.06. The van der Waals surface area contributed by atoms with Crippen LogP contribution in [0, 0.1) is 0 Å². The van der Waals surface area contributed by atoms with E-state index in [1.807, 2.05) is 0 Å². The zero-order chi connectivity index (χ0) is 11.7. The summed E-state index contributed by atoms with van der Waals surface area (Å²) >= 11 is 12.6. The first-order valence-corrected chi connectivity index (χ1v) is 5.87. The Hall–Kier alpha value is -0.680. The van der Waals surface area contributed by atoms with Crippen LogP contribution < -0.4 is 0 Å². The van der Waals surface area contributed by atoms with E-state index in [4.69, 9.17) is 23.2 Å². The molecule has 0 radical (unpaired) electrons. The number of aliphatic hydroxyl groups is 1. The van der Waals surface area contributed by atoms with Crippen LogP contribution in [-0.2, 0) is 9.53 Å². The van der Waals surface area contributed by atoms with Crippen molar-refractivity contribution >= 4 is 40.9 Å². The average Bonchev–Trinajstić information content (AvgIpc) is 2.48. The van der Waals surface area contributed by atoms with Gasteiger partial charge in [-0.05, 0) is 24.3 Å². The first-order valence-electron chi connectivity index (χ1n) is 4.30. The molecule has 0 spiro atoms. The third kappa shape index (κ3) is 2.35. The highest BCUT2D eigenvalue weighted by Gasteiger charge is 2.32. The molecule has 1 N–H and O–H groups in total. The van der Waals surface area contributed by atoms with E-state index in [-0.39, 0.29) is 5.03 Å². The van der Waals surface area contributed by atoms with E-state index >= 15 is 0 Å². The Morgan fingerprint density at radius 1 is 1.25 bits per heavy atom. The highest BCUT2D eigenvalue weighted by atomic mass is 35.5. The molecule has 0 saturated carbocycles. The number of esters is 1. The zero-order valence-corrected chi connectivity index (χ0v) is 10.1. The molecule has 84 valence electrons. The van der Waals surface area contributed by atoms with Crippen molar-refractivity contribution in [1.82, 2.24) is 0 Å². The molecule has 0 saturated heterocycles. The molecule has 0 fully saturated rings. The molecule has 0 bridgehead atoms. The minimum Gasteiger partial charge on any atom is -0.427 e. The van der Waals surface area contributed by atoms with Crippen LogP contribution in [-0.4, -0.2) is 17.4 Å². The number of thioether (sulfide) groups is 1.